The Bertz CT molecular complexity index is 360. The highest BCUT2D eigenvalue weighted by atomic mass is 16.2. The minimum Gasteiger partial charge on any atom is -0.336 e. The zero-order chi connectivity index (χ0) is 10.8. The molecule has 1 aliphatic rings. The van der Waals surface area contributed by atoms with E-state index >= 15 is 0 Å². The first-order chi connectivity index (χ1) is 7.18. The highest BCUT2D eigenvalue weighted by Gasteiger charge is 2.23. The van der Waals surface area contributed by atoms with E-state index in [-0.39, 0.29) is 5.91 Å². The smallest absolute Gasteiger partial charge is 0.257 e. The number of amides is 1. The van der Waals surface area contributed by atoms with Gasteiger partial charge in [-0.05, 0) is 13.8 Å². The van der Waals surface area contributed by atoms with Gasteiger partial charge in [0.15, 0.2) is 0 Å². The van der Waals surface area contributed by atoms with Gasteiger partial charge in [0.05, 0.1) is 11.8 Å². The first-order valence-corrected chi connectivity index (χ1v) is 5.21. The van der Waals surface area contributed by atoms with Crippen LogP contribution in [0.15, 0.2) is 6.20 Å². The summed E-state index contributed by atoms with van der Waals surface area (Å²) in [6, 6.07) is 0.370. The quantitative estimate of drug-likeness (QED) is 0.690. The molecule has 0 radical (unpaired) electrons. The van der Waals surface area contributed by atoms with Crippen molar-refractivity contribution in [2.45, 2.75) is 19.9 Å². The molecule has 0 spiro atoms. The maximum absolute atomic E-state index is 12.1. The van der Waals surface area contributed by atoms with Crippen LogP contribution in [0.25, 0.3) is 0 Å². The number of hydrogen-bond donors (Lipinski definition) is 2. The number of aryl methyl sites for hydroxylation is 1. The number of rotatable bonds is 1. The Hall–Kier alpha value is -1.36. The number of nitrogens with zero attached hydrogens (tertiary/aromatic N) is 2. The number of nitrogens with one attached hydrogen (secondary N) is 2. The molecule has 1 amide bonds. The summed E-state index contributed by atoms with van der Waals surface area (Å²) < 4.78 is 0. The first kappa shape index (κ1) is 10.2. The molecule has 1 aliphatic heterocycles. The Balaban J connectivity index is 2.11. The summed E-state index contributed by atoms with van der Waals surface area (Å²) in [4.78, 5) is 13.9. The Kier molecular flexibility index (Phi) is 2.73. The van der Waals surface area contributed by atoms with Crippen LogP contribution in [0.4, 0.5) is 0 Å². The van der Waals surface area contributed by atoms with E-state index in [2.05, 4.69) is 22.4 Å². The molecule has 1 atom stereocenters. The molecule has 2 N–H and O–H groups in total. The molecule has 0 bridgehead atoms. The first-order valence-electron chi connectivity index (χ1n) is 5.21. The van der Waals surface area contributed by atoms with E-state index in [1.807, 2.05) is 11.8 Å². The highest BCUT2D eigenvalue weighted by Crippen LogP contribution is 2.09. The lowest BCUT2D eigenvalue weighted by molar-refractivity contribution is 0.0708. The van der Waals surface area contributed by atoms with E-state index in [0.29, 0.717) is 11.6 Å². The topological polar surface area (TPSA) is 61.0 Å². The zero-order valence-electron chi connectivity index (χ0n) is 9.08. The van der Waals surface area contributed by atoms with Crippen molar-refractivity contribution in [2.24, 2.45) is 0 Å². The van der Waals surface area contributed by atoms with E-state index in [9.17, 15) is 4.79 Å². The van der Waals surface area contributed by atoms with E-state index in [4.69, 9.17) is 0 Å². The molecule has 0 saturated carbocycles. The number of aromatic nitrogens is 2. The van der Waals surface area contributed by atoms with Crippen molar-refractivity contribution in [3.63, 3.8) is 0 Å². The molecule has 2 heterocycles. The molecule has 5 nitrogen and oxygen atoms in total. The van der Waals surface area contributed by atoms with E-state index in [1.54, 1.807) is 6.20 Å². The molecule has 1 saturated heterocycles. The number of carbonyl (C=O) groups is 1. The minimum atomic E-state index is 0.0783. The predicted molar refractivity (Wildman–Crippen MR) is 56.7 cm³/mol. The van der Waals surface area contributed by atoms with Gasteiger partial charge in [0.2, 0.25) is 0 Å². The van der Waals surface area contributed by atoms with Crippen molar-refractivity contribution < 1.29 is 4.79 Å². The van der Waals surface area contributed by atoms with Gasteiger partial charge in [0.25, 0.3) is 5.91 Å². The maximum Gasteiger partial charge on any atom is 0.257 e. The third kappa shape index (κ3) is 2.02. The predicted octanol–water partition coefficient (Wildman–Crippen LogP) is 0.152. The maximum atomic E-state index is 12.1. The van der Waals surface area contributed by atoms with Crippen LogP contribution < -0.4 is 5.32 Å². The summed E-state index contributed by atoms with van der Waals surface area (Å²) in [5.74, 6) is 0.0783. The van der Waals surface area contributed by atoms with Crippen molar-refractivity contribution in [3.05, 3.63) is 17.5 Å². The average Bonchev–Trinajstić information content (AvgIpc) is 2.63. The fourth-order valence-electron chi connectivity index (χ4n) is 1.85. The normalized spacial score (nSPS) is 21.7. The Morgan fingerprint density at radius 1 is 1.67 bits per heavy atom. The average molecular weight is 208 g/mol. The van der Waals surface area contributed by atoms with Crippen LogP contribution in [0.3, 0.4) is 0 Å². The van der Waals surface area contributed by atoms with Crippen LogP contribution in [-0.2, 0) is 0 Å². The fraction of sp³-hybridized carbons (Fsp3) is 0.600. The van der Waals surface area contributed by atoms with Crippen molar-refractivity contribution in [2.75, 3.05) is 19.6 Å². The molecule has 5 heteroatoms. The summed E-state index contributed by atoms with van der Waals surface area (Å²) in [6.07, 6.45) is 1.60. The van der Waals surface area contributed by atoms with Gasteiger partial charge in [-0.3, -0.25) is 9.89 Å². The lowest BCUT2D eigenvalue weighted by Gasteiger charge is -2.31. The van der Waals surface area contributed by atoms with Gasteiger partial charge in [-0.2, -0.15) is 5.10 Å². The Morgan fingerprint density at radius 3 is 3.07 bits per heavy atom. The van der Waals surface area contributed by atoms with Crippen LogP contribution >= 0.6 is 0 Å². The zero-order valence-corrected chi connectivity index (χ0v) is 9.08. The van der Waals surface area contributed by atoms with Crippen LogP contribution in [0.2, 0.25) is 0 Å². The molecule has 1 aromatic rings. The van der Waals surface area contributed by atoms with Crippen LogP contribution in [0.5, 0.6) is 0 Å². The fourth-order valence-corrected chi connectivity index (χ4v) is 1.85. The Labute approximate surface area is 88.8 Å². The van der Waals surface area contributed by atoms with Gasteiger partial charge in [-0.25, -0.2) is 0 Å². The van der Waals surface area contributed by atoms with Crippen molar-refractivity contribution in [3.8, 4) is 0 Å². The Morgan fingerprint density at radius 2 is 2.47 bits per heavy atom. The third-order valence-corrected chi connectivity index (χ3v) is 2.72. The summed E-state index contributed by atoms with van der Waals surface area (Å²) in [5.41, 5.74) is 1.52. The SMILES string of the molecule is Cc1[nH]ncc1C(=O)N1CCN[C@H](C)C1. The van der Waals surface area contributed by atoms with Gasteiger partial charge in [0.1, 0.15) is 0 Å². The van der Waals surface area contributed by atoms with E-state index in [1.165, 1.54) is 0 Å². The van der Waals surface area contributed by atoms with Crippen molar-refractivity contribution >= 4 is 5.91 Å². The lowest BCUT2D eigenvalue weighted by atomic mass is 10.2. The molecule has 0 unspecified atom stereocenters. The van der Waals surface area contributed by atoms with Gasteiger partial charge in [-0.1, -0.05) is 0 Å². The standard InChI is InChI=1S/C10H16N4O/c1-7-6-14(4-3-11-7)10(15)9-5-12-13-8(9)2/h5,7,11H,3-4,6H2,1-2H3,(H,12,13)/t7-/m1/s1. The summed E-state index contributed by atoms with van der Waals surface area (Å²) in [6.45, 7) is 6.36. The second kappa shape index (κ2) is 4.02. The number of aromatic amines is 1. The number of carbonyl (C=O) groups excluding carboxylic acids is 1. The van der Waals surface area contributed by atoms with Gasteiger partial charge >= 0.3 is 0 Å². The van der Waals surface area contributed by atoms with Crippen molar-refractivity contribution in [1.29, 1.82) is 0 Å². The van der Waals surface area contributed by atoms with E-state index in [0.717, 1.165) is 25.3 Å². The van der Waals surface area contributed by atoms with Crippen LogP contribution in [0, 0.1) is 6.92 Å². The monoisotopic (exact) mass is 208 g/mol. The van der Waals surface area contributed by atoms with Crippen LogP contribution in [0.1, 0.15) is 23.0 Å². The molecular formula is C10H16N4O. The summed E-state index contributed by atoms with van der Waals surface area (Å²) in [5, 5.41) is 9.96. The van der Waals surface area contributed by atoms with Crippen molar-refractivity contribution in [1.82, 2.24) is 20.4 Å². The van der Waals surface area contributed by atoms with Crippen LogP contribution in [-0.4, -0.2) is 46.7 Å². The molecule has 2 rings (SSSR count). The summed E-state index contributed by atoms with van der Waals surface area (Å²) in [7, 11) is 0. The number of hydrogen-bond acceptors (Lipinski definition) is 3. The summed E-state index contributed by atoms with van der Waals surface area (Å²) >= 11 is 0. The van der Waals surface area contributed by atoms with E-state index < -0.39 is 0 Å². The molecular weight excluding hydrogens is 192 g/mol. The number of H-pyrrole nitrogens is 1. The van der Waals surface area contributed by atoms with Gasteiger partial charge in [-0.15, -0.1) is 0 Å². The second-order valence-corrected chi connectivity index (χ2v) is 4.02. The second-order valence-electron chi connectivity index (χ2n) is 4.02. The lowest BCUT2D eigenvalue weighted by Crippen LogP contribution is -2.51. The molecule has 15 heavy (non-hydrogen) atoms. The molecule has 1 aromatic heterocycles. The minimum absolute atomic E-state index is 0.0783. The molecule has 0 aromatic carbocycles. The molecule has 1 fully saturated rings. The highest BCUT2D eigenvalue weighted by molar-refractivity contribution is 5.95. The number of piperazine rings is 1. The molecule has 82 valence electrons. The van der Waals surface area contributed by atoms with Gasteiger partial charge < -0.3 is 10.2 Å². The molecule has 0 aliphatic carbocycles. The van der Waals surface area contributed by atoms with Gasteiger partial charge in [0, 0.05) is 31.4 Å². The largest absolute Gasteiger partial charge is 0.336 e. The third-order valence-electron chi connectivity index (χ3n) is 2.72.